The molecule has 6 heteroatoms. The Morgan fingerprint density at radius 1 is 1.14 bits per heavy atom. The molecule has 0 bridgehead atoms. The molecular weight excluding hydrogens is 380 g/mol. The summed E-state index contributed by atoms with van der Waals surface area (Å²) < 4.78 is 4.37. The number of rotatable bonds is 11. The van der Waals surface area contributed by atoms with Crippen molar-refractivity contribution in [2.75, 3.05) is 24.2 Å². The average molecular weight is 410 g/mol. The van der Waals surface area contributed by atoms with Crippen LogP contribution in [0.1, 0.15) is 24.1 Å². The number of unbranched alkanes of at least 4 members (excludes halogenated alkanes) is 1. The Morgan fingerprint density at radius 3 is 2.76 bits per heavy atom. The van der Waals surface area contributed by atoms with Crippen molar-refractivity contribution < 1.29 is 9.67 Å². The van der Waals surface area contributed by atoms with Crippen molar-refractivity contribution in [3.8, 4) is 0 Å². The van der Waals surface area contributed by atoms with Gasteiger partial charge in [-0.3, -0.25) is 0 Å². The van der Waals surface area contributed by atoms with Crippen LogP contribution in [0.3, 0.4) is 0 Å². The number of imidazole rings is 1. The number of aryl methyl sites for hydroxylation is 2. The molecule has 0 aliphatic carbocycles. The third-order valence-corrected chi connectivity index (χ3v) is 5.72. The summed E-state index contributed by atoms with van der Waals surface area (Å²) in [6, 6.07) is 14.5. The zero-order valence-electron chi connectivity index (χ0n) is 16.9. The van der Waals surface area contributed by atoms with Gasteiger partial charge in [0.15, 0.2) is 11.4 Å². The lowest BCUT2D eigenvalue weighted by atomic mass is 10.1. The summed E-state index contributed by atoms with van der Waals surface area (Å²) in [5.41, 5.74) is 3.38. The van der Waals surface area contributed by atoms with E-state index >= 15 is 0 Å². The number of aliphatic hydroxyl groups is 1. The molecule has 0 aliphatic rings. The Morgan fingerprint density at radius 2 is 2.00 bits per heavy atom. The molecule has 29 heavy (non-hydrogen) atoms. The van der Waals surface area contributed by atoms with Crippen LogP contribution in [0.4, 0.5) is 5.69 Å². The van der Waals surface area contributed by atoms with Crippen LogP contribution in [0, 0.1) is 0 Å². The minimum absolute atomic E-state index is 0.136. The van der Waals surface area contributed by atoms with E-state index in [4.69, 9.17) is 5.11 Å². The van der Waals surface area contributed by atoms with Crippen LogP contribution < -0.4 is 9.88 Å². The first-order chi connectivity index (χ1) is 14.3. The van der Waals surface area contributed by atoms with Gasteiger partial charge >= 0.3 is 0 Å². The number of aromatic nitrogens is 3. The number of thioether (sulfide) groups is 1. The zero-order chi connectivity index (χ0) is 20.3. The first kappa shape index (κ1) is 21.1. The Bertz CT molecular complexity index is 905. The molecule has 0 atom stereocenters. The third kappa shape index (κ3) is 6.76. The predicted octanol–water partition coefficient (Wildman–Crippen LogP) is 3.85. The molecule has 3 aromatic rings. The lowest BCUT2D eigenvalue weighted by Gasteiger charge is -2.04. The van der Waals surface area contributed by atoms with Crippen molar-refractivity contribution >= 4 is 29.6 Å². The fraction of sp³-hybridized carbons (Fsp3) is 0.304. The van der Waals surface area contributed by atoms with Crippen LogP contribution in [0.15, 0.2) is 66.2 Å². The molecule has 2 aromatic heterocycles. The number of benzene rings is 1. The van der Waals surface area contributed by atoms with Crippen LogP contribution >= 0.6 is 11.8 Å². The number of nitrogens with one attached hydrogen (secondary N) is 1. The molecule has 0 spiro atoms. The van der Waals surface area contributed by atoms with Crippen LogP contribution in [0.5, 0.6) is 0 Å². The van der Waals surface area contributed by atoms with Crippen molar-refractivity contribution in [2.24, 2.45) is 7.05 Å². The maximum absolute atomic E-state index is 8.88. The van der Waals surface area contributed by atoms with Gasteiger partial charge in [0.05, 0.1) is 6.61 Å². The van der Waals surface area contributed by atoms with E-state index in [1.807, 2.05) is 43.3 Å². The molecule has 1 aromatic carbocycles. The van der Waals surface area contributed by atoms with Crippen molar-refractivity contribution in [3.05, 3.63) is 72.3 Å². The van der Waals surface area contributed by atoms with E-state index in [2.05, 4.69) is 68.1 Å². The number of hydrogen-bond acceptors (Lipinski definition) is 4. The average Bonchev–Trinajstić information content (AvgIpc) is 3.16. The lowest BCUT2D eigenvalue weighted by Crippen LogP contribution is -2.36. The van der Waals surface area contributed by atoms with Gasteiger partial charge in [0.25, 0.3) is 0 Å². The topological polar surface area (TPSA) is 54.0 Å². The van der Waals surface area contributed by atoms with Crippen molar-refractivity contribution in [3.63, 3.8) is 0 Å². The Hall–Kier alpha value is -2.57. The first-order valence-corrected chi connectivity index (χ1v) is 11.0. The summed E-state index contributed by atoms with van der Waals surface area (Å²) in [4.78, 5) is 4.36. The fourth-order valence-electron chi connectivity index (χ4n) is 2.98. The highest BCUT2D eigenvalue weighted by molar-refractivity contribution is 7.99. The molecule has 2 N–H and O–H groups in total. The molecule has 0 radical (unpaired) electrons. The van der Waals surface area contributed by atoms with Gasteiger partial charge in [0.1, 0.15) is 6.54 Å². The number of nitrogens with zero attached hydrogens (tertiary/aromatic N) is 3. The summed E-state index contributed by atoms with van der Waals surface area (Å²) >= 11 is 1.82. The standard InChI is InChI=1S/C23H28N4OS/c1-26-17-13-25-23(26)29-19-5-4-16-27-15-3-2-6-22(27)12-9-20-7-10-21(11-8-20)24-14-18-28/h2-3,6-13,15,17,28H,4-5,14,16,18-19H2,1H3/p+1. The quantitative estimate of drug-likeness (QED) is 0.287. The SMILES string of the molecule is Cn1ccnc1SCCCC[n+]1ccccc1/C=C/c1ccc(NCCO)cc1. The van der Waals surface area contributed by atoms with Crippen LogP contribution in [-0.2, 0) is 13.6 Å². The molecule has 0 amide bonds. The molecule has 0 saturated heterocycles. The van der Waals surface area contributed by atoms with E-state index < -0.39 is 0 Å². The normalized spacial score (nSPS) is 11.2. The first-order valence-electron chi connectivity index (χ1n) is 9.98. The van der Waals surface area contributed by atoms with Gasteiger partial charge in [0.2, 0.25) is 5.69 Å². The summed E-state index contributed by atoms with van der Waals surface area (Å²) in [6.07, 6.45) is 12.6. The summed E-state index contributed by atoms with van der Waals surface area (Å²) in [5.74, 6) is 1.08. The number of hydrogen-bond donors (Lipinski definition) is 2. The Labute approximate surface area is 177 Å². The molecule has 152 valence electrons. The van der Waals surface area contributed by atoms with E-state index in [1.165, 1.54) is 5.69 Å². The van der Waals surface area contributed by atoms with Crippen molar-refractivity contribution in [1.29, 1.82) is 0 Å². The smallest absolute Gasteiger partial charge is 0.205 e. The van der Waals surface area contributed by atoms with E-state index in [-0.39, 0.29) is 6.61 Å². The molecule has 5 nitrogen and oxygen atoms in total. The highest BCUT2D eigenvalue weighted by Gasteiger charge is 2.07. The van der Waals surface area contributed by atoms with Gasteiger partial charge < -0.3 is 15.0 Å². The third-order valence-electron chi connectivity index (χ3n) is 4.58. The van der Waals surface area contributed by atoms with E-state index in [1.54, 1.807) is 0 Å². The number of anilines is 1. The molecule has 0 fully saturated rings. The van der Waals surface area contributed by atoms with E-state index in [0.29, 0.717) is 6.54 Å². The van der Waals surface area contributed by atoms with Gasteiger partial charge in [0, 0.05) is 62.1 Å². The monoisotopic (exact) mass is 409 g/mol. The highest BCUT2D eigenvalue weighted by atomic mass is 32.2. The second kappa shape index (κ2) is 11.4. The summed E-state index contributed by atoms with van der Waals surface area (Å²) in [6.45, 7) is 1.71. The highest BCUT2D eigenvalue weighted by Crippen LogP contribution is 2.16. The molecule has 2 heterocycles. The maximum Gasteiger partial charge on any atom is 0.205 e. The Kier molecular flexibility index (Phi) is 8.34. The molecule has 3 rings (SSSR count). The van der Waals surface area contributed by atoms with Gasteiger partial charge in [-0.15, -0.1) is 0 Å². The van der Waals surface area contributed by atoms with Crippen LogP contribution in [0.25, 0.3) is 12.2 Å². The maximum atomic E-state index is 8.88. The fourth-order valence-corrected chi connectivity index (χ4v) is 3.91. The van der Waals surface area contributed by atoms with Gasteiger partial charge in [-0.2, -0.15) is 4.57 Å². The molecular formula is C23H29N4OS+. The summed E-state index contributed by atoms with van der Waals surface area (Å²) in [7, 11) is 2.03. The van der Waals surface area contributed by atoms with Gasteiger partial charge in [-0.05, 0) is 36.3 Å². The second-order valence-electron chi connectivity index (χ2n) is 6.80. The predicted molar refractivity (Wildman–Crippen MR) is 121 cm³/mol. The van der Waals surface area contributed by atoms with Gasteiger partial charge in [-0.25, -0.2) is 4.98 Å². The lowest BCUT2D eigenvalue weighted by molar-refractivity contribution is -0.699. The van der Waals surface area contributed by atoms with Crippen molar-refractivity contribution in [1.82, 2.24) is 9.55 Å². The minimum Gasteiger partial charge on any atom is -0.395 e. The van der Waals surface area contributed by atoms with Crippen LogP contribution in [0.2, 0.25) is 0 Å². The molecule has 0 unspecified atom stereocenters. The minimum atomic E-state index is 0.136. The summed E-state index contributed by atoms with van der Waals surface area (Å²) in [5, 5.41) is 13.1. The zero-order valence-corrected chi connectivity index (χ0v) is 17.7. The second-order valence-corrected chi connectivity index (χ2v) is 7.86. The van der Waals surface area contributed by atoms with Crippen molar-refractivity contribution in [2.45, 2.75) is 24.5 Å². The number of aliphatic hydroxyl groups excluding tert-OH is 1. The van der Waals surface area contributed by atoms with E-state index in [9.17, 15) is 0 Å². The van der Waals surface area contributed by atoms with E-state index in [0.717, 1.165) is 41.5 Å². The molecule has 0 saturated carbocycles. The number of pyridine rings is 1. The largest absolute Gasteiger partial charge is 0.395 e. The molecule has 0 aliphatic heterocycles. The van der Waals surface area contributed by atoms with Crippen LogP contribution in [-0.4, -0.2) is 33.6 Å². The van der Waals surface area contributed by atoms with Gasteiger partial charge in [-0.1, -0.05) is 23.9 Å². The Balaban J connectivity index is 1.50.